The van der Waals surface area contributed by atoms with E-state index in [0.717, 1.165) is 13.0 Å². The zero-order chi connectivity index (χ0) is 9.61. The maximum Gasteiger partial charge on any atom is 0.441 e. The largest absolute Gasteiger partial charge is 0.441 e. The molecule has 0 spiro atoms. The highest BCUT2D eigenvalue weighted by atomic mass is 32.2. The van der Waals surface area contributed by atoms with Crippen LogP contribution in [0.3, 0.4) is 0 Å². The number of hydrogen-bond acceptors (Lipinski definition) is 2. The third-order valence-corrected chi connectivity index (χ3v) is 2.23. The molecule has 0 amide bonds. The van der Waals surface area contributed by atoms with Crippen molar-refractivity contribution in [3.05, 3.63) is 0 Å². The van der Waals surface area contributed by atoms with E-state index < -0.39 is 5.51 Å². The van der Waals surface area contributed by atoms with Crippen molar-refractivity contribution < 1.29 is 13.2 Å². The van der Waals surface area contributed by atoms with Crippen molar-refractivity contribution in [1.29, 1.82) is 0 Å². The molecule has 0 heterocycles. The second-order valence-electron chi connectivity index (χ2n) is 2.61. The fourth-order valence-corrected chi connectivity index (χ4v) is 1.23. The molecular formula is C7H14F3NS. The van der Waals surface area contributed by atoms with Crippen LogP contribution in [0.15, 0.2) is 0 Å². The number of thioether (sulfide) groups is 1. The van der Waals surface area contributed by atoms with Gasteiger partial charge in [-0.15, -0.1) is 0 Å². The predicted octanol–water partition coefficient (Wildman–Crippen LogP) is 2.63. The van der Waals surface area contributed by atoms with Gasteiger partial charge in [0.05, 0.1) is 0 Å². The Morgan fingerprint density at radius 1 is 1.42 bits per heavy atom. The van der Waals surface area contributed by atoms with Crippen molar-refractivity contribution in [1.82, 2.24) is 5.32 Å². The van der Waals surface area contributed by atoms with Gasteiger partial charge in [-0.05, 0) is 31.7 Å². The fourth-order valence-electron chi connectivity index (χ4n) is 0.669. The molecule has 74 valence electrons. The maximum atomic E-state index is 11.7. The number of rotatable bonds is 5. The van der Waals surface area contributed by atoms with Crippen LogP contribution in [-0.4, -0.2) is 23.8 Å². The fraction of sp³-hybridized carbons (Fsp3) is 1.00. The molecule has 5 heteroatoms. The van der Waals surface area contributed by atoms with Gasteiger partial charge in [0.2, 0.25) is 0 Å². The summed E-state index contributed by atoms with van der Waals surface area (Å²) in [5.41, 5.74) is -4.10. The average Bonchev–Trinajstić information content (AvgIpc) is 1.95. The lowest BCUT2D eigenvalue weighted by molar-refractivity contribution is -0.0328. The lowest BCUT2D eigenvalue weighted by atomic mass is 10.3. The van der Waals surface area contributed by atoms with Gasteiger partial charge in [0.1, 0.15) is 0 Å². The minimum Gasteiger partial charge on any atom is -0.313 e. The molecule has 0 aromatic heterocycles. The quantitative estimate of drug-likeness (QED) is 0.733. The molecule has 0 radical (unpaired) electrons. The lowest BCUT2D eigenvalue weighted by Gasteiger charge is -2.13. The number of alkyl halides is 3. The summed E-state index contributed by atoms with van der Waals surface area (Å²) < 4.78 is 35.0. The van der Waals surface area contributed by atoms with E-state index in [4.69, 9.17) is 0 Å². The molecule has 0 saturated heterocycles. The lowest BCUT2D eigenvalue weighted by Crippen LogP contribution is -2.29. The van der Waals surface area contributed by atoms with Crippen molar-refractivity contribution in [3.8, 4) is 0 Å². The summed E-state index contributed by atoms with van der Waals surface area (Å²) in [4.78, 5) is 0. The van der Waals surface area contributed by atoms with Gasteiger partial charge in [0, 0.05) is 11.8 Å². The minimum atomic E-state index is -4.10. The number of halogens is 3. The van der Waals surface area contributed by atoms with E-state index in [-0.39, 0.29) is 23.6 Å². The Bertz CT molecular complexity index is 116. The van der Waals surface area contributed by atoms with Crippen LogP contribution in [0.1, 0.15) is 20.3 Å². The Kier molecular flexibility index (Phi) is 5.74. The van der Waals surface area contributed by atoms with E-state index in [1.54, 1.807) is 6.92 Å². The summed E-state index contributed by atoms with van der Waals surface area (Å²) in [6.07, 6.45) is 0.945. The van der Waals surface area contributed by atoms with Gasteiger partial charge in [0.25, 0.3) is 0 Å². The summed E-state index contributed by atoms with van der Waals surface area (Å²) in [7, 11) is 0. The van der Waals surface area contributed by atoms with E-state index in [1.165, 1.54) is 0 Å². The van der Waals surface area contributed by atoms with Crippen LogP contribution in [0, 0.1) is 0 Å². The average molecular weight is 201 g/mol. The van der Waals surface area contributed by atoms with Crippen molar-refractivity contribution in [3.63, 3.8) is 0 Å². The molecule has 0 aliphatic carbocycles. The zero-order valence-electron chi connectivity index (χ0n) is 7.24. The van der Waals surface area contributed by atoms with Crippen LogP contribution < -0.4 is 5.32 Å². The van der Waals surface area contributed by atoms with Crippen LogP contribution in [0.4, 0.5) is 13.2 Å². The topological polar surface area (TPSA) is 12.0 Å². The van der Waals surface area contributed by atoms with E-state index in [9.17, 15) is 13.2 Å². The summed E-state index contributed by atoms with van der Waals surface area (Å²) in [5.74, 6) is 0.0868. The molecule has 0 aromatic carbocycles. The van der Waals surface area contributed by atoms with Gasteiger partial charge >= 0.3 is 5.51 Å². The standard InChI is InChI=1S/C7H14F3NS/c1-3-4-11-6(2)5-12-7(8,9)10/h6,11H,3-5H2,1-2H3. The van der Waals surface area contributed by atoms with Crippen molar-refractivity contribution in [2.45, 2.75) is 31.8 Å². The predicted molar refractivity (Wildman–Crippen MR) is 46.3 cm³/mol. The van der Waals surface area contributed by atoms with Gasteiger partial charge in [-0.25, -0.2) is 0 Å². The molecule has 0 aliphatic rings. The van der Waals surface area contributed by atoms with Gasteiger partial charge in [-0.1, -0.05) is 6.92 Å². The highest BCUT2D eigenvalue weighted by Gasteiger charge is 2.28. The second kappa shape index (κ2) is 5.70. The van der Waals surface area contributed by atoms with Crippen molar-refractivity contribution in [2.24, 2.45) is 0 Å². The smallest absolute Gasteiger partial charge is 0.313 e. The Labute approximate surface area is 75.1 Å². The Hall–Kier alpha value is 0.100. The monoisotopic (exact) mass is 201 g/mol. The summed E-state index contributed by atoms with van der Waals surface area (Å²) in [6.45, 7) is 4.52. The van der Waals surface area contributed by atoms with Gasteiger partial charge in [-0.2, -0.15) is 13.2 Å². The van der Waals surface area contributed by atoms with Gasteiger partial charge in [0.15, 0.2) is 0 Å². The molecule has 0 bridgehead atoms. The van der Waals surface area contributed by atoms with Crippen molar-refractivity contribution in [2.75, 3.05) is 12.3 Å². The number of nitrogens with one attached hydrogen (secondary N) is 1. The summed E-state index contributed by atoms with van der Waals surface area (Å²) in [6, 6.07) is -0.0726. The Morgan fingerprint density at radius 2 is 2.00 bits per heavy atom. The molecule has 0 saturated carbocycles. The summed E-state index contributed by atoms with van der Waals surface area (Å²) in [5, 5.41) is 2.98. The number of hydrogen-bond donors (Lipinski definition) is 1. The summed E-state index contributed by atoms with van der Waals surface area (Å²) >= 11 is 0.0296. The van der Waals surface area contributed by atoms with E-state index in [2.05, 4.69) is 5.32 Å². The molecule has 0 fully saturated rings. The van der Waals surface area contributed by atoms with Gasteiger partial charge < -0.3 is 5.32 Å². The molecule has 0 rings (SSSR count). The highest BCUT2D eigenvalue weighted by Crippen LogP contribution is 2.30. The molecule has 0 aliphatic heterocycles. The third kappa shape index (κ3) is 8.20. The van der Waals surface area contributed by atoms with Crippen LogP contribution in [0.25, 0.3) is 0 Å². The normalized spacial score (nSPS) is 14.8. The second-order valence-corrected chi connectivity index (χ2v) is 3.70. The molecular weight excluding hydrogens is 187 g/mol. The highest BCUT2D eigenvalue weighted by molar-refractivity contribution is 8.00. The minimum absolute atomic E-state index is 0.0296. The first-order chi connectivity index (χ1) is 5.45. The third-order valence-electron chi connectivity index (χ3n) is 1.24. The molecule has 1 N–H and O–H groups in total. The Morgan fingerprint density at radius 3 is 2.42 bits per heavy atom. The first-order valence-corrected chi connectivity index (χ1v) is 4.88. The molecule has 1 atom stereocenters. The van der Waals surface area contributed by atoms with E-state index in [0.29, 0.717) is 0 Å². The zero-order valence-corrected chi connectivity index (χ0v) is 8.06. The first kappa shape index (κ1) is 12.1. The molecule has 0 aromatic rings. The maximum absolute atomic E-state index is 11.7. The first-order valence-electron chi connectivity index (χ1n) is 3.89. The molecule has 1 nitrogen and oxygen atoms in total. The van der Waals surface area contributed by atoms with E-state index >= 15 is 0 Å². The van der Waals surface area contributed by atoms with Crippen LogP contribution in [-0.2, 0) is 0 Å². The Balaban J connectivity index is 3.37. The molecule has 12 heavy (non-hydrogen) atoms. The van der Waals surface area contributed by atoms with Crippen LogP contribution in [0.2, 0.25) is 0 Å². The van der Waals surface area contributed by atoms with E-state index in [1.807, 2.05) is 6.92 Å². The van der Waals surface area contributed by atoms with Crippen molar-refractivity contribution >= 4 is 11.8 Å². The van der Waals surface area contributed by atoms with Crippen LogP contribution >= 0.6 is 11.8 Å². The molecule has 1 unspecified atom stereocenters. The SMILES string of the molecule is CCCNC(C)CSC(F)(F)F. The van der Waals surface area contributed by atoms with Gasteiger partial charge in [-0.3, -0.25) is 0 Å². The van der Waals surface area contributed by atoms with Crippen LogP contribution in [0.5, 0.6) is 0 Å².